The monoisotopic (exact) mass is 394 g/mol. The van der Waals surface area contributed by atoms with Gasteiger partial charge in [-0.1, -0.05) is 36.4 Å². The van der Waals surface area contributed by atoms with Crippen LogP contribution in [0.5, 0.6) is 5.75 Å². The lowest BCUT2D eigenvalue weighted by Gasteiger charge is -2.13. The molecule has 4 aromatic rings. The van der Waals surface area contributed by atoms with Gasteiger partial charge in [0.15, 0.2) is 0 Å². The molecule has 6 heteroatoms. The SMILES string of the molecule is Oc1ccc(CNc2cccc(-c3ccnc4c(C(F)(F)F)cccc34)c2)cc1. The molecule has 0 bridgehead atoms. The lowest BCUT2D eigenvalue weighted by Crippen LogP contribution is -2.06. The van der Waals surface area contributed by atoms with E-state index in [1.807, 2.05) is 36.4 Å². The number of alkyl halides is 3. The summed E-state index contributed by atoms with van der Waals surface area (Å²) in [4.78, 5) is 3.98. The fourth-order valence-electron chi connectivity index (χ4n) is 3.27. The fourth-order valence-corrected chi connectivity index (χ4v) is 3.27. The molecule has 3 aromatic carbocycles. The van der Waals surface area contributed by atoms with Crippen LogP contribution >= 0.6 is 0 Å². The molecular formula is C23H17F3N2O. The van der Waals surface area contributed by atoms with Crippen LogP contribution in [0.25, 0.3) is 22.0 Å². The van der Waals surface area contributed by atoms with Crippen LogP contribution in [0.1, 0.15) is 11.1 Å². The van der Waals surface area contributed by atoms with Crippen LogP contribution in [0.3, 0.4) is 0 Å². The predicted octanol–water partition coefficient (Wildman–Crippen LogP) is 6.24. The van der Waals surface area contributed by atoms with Gasteiger partial charge in [0.05, 0.1) is 11.1 Å². The van der Waals surface area contributed by atoms with Crippen LogP contribution in [-0.2, 0) is 12.7 Å². The Morgan fingerprint density at radius 2 is 1.66 bits per heavy atom. The van der Waals surface area contributed by atoms with Gasteiger partial charge in [-0.05, 0) is 53.1 Å². The molecule has 3 nitrogen and oxygen atoms in total. The molecule has 4 rings (SSSR count). The molecule has 0 aliphatic carbocycles. The van der Waals surface area contributed by atoms with Gasteiger partial charge in [0.25, 0.3) is 0 Å². The summed E-state index contributed by atoms with van der Waals surface area (Å²) in [6.07, 6.45) is -3.05. The largest absolute Gasteiger partial charge is 0.508 e. The Labute approximate surface area is 165 Å². The molecule has 1 heterocycles. The van der Waals surface area contributed by atoms with Gasteiger partial charge < -0.3 is 10.4 Å². The van der Waals surface area contributed by atoms with Gasteiger partial charge in [-0.25, -0.2) is 0 Å². The first kappa shape index (κ1) is 18.8. The smallest absolute Gasteiger partial charge is 0.418 e. The summed E-state index contributed by atoms with van der Waals surface area (Å²) in [7, 11) is 0. The van der Waals surface area contributed by atoms with Crippen LogP contribution in [0.2, 0.25) is 0 Å². The van der Waals surface area contributed by atoms with E-state index in [9.17, 15) is 18.3 Å². The summed E-state index contributed by atoms with van der Waals surface area (Å²) in [5.41, 5.74) is 2.53. The van der Waals surface area contributed by atoms with Crippen molar-refractivity contribution < 1.29 is 18.3 Å². The molecule has 0 saturated heterocycles. The first-order valence-corrected chi connectivity index (χ1v) is 8.99. The van der Waals surface area contributed by atoms with Gasteiger partial charge in [0.2, 0.25) is 0 Å². The van der Waals surface area contributed by atoms with Crippen molar-refractivity contribution in [1.82, 2.24) is 4.98 Å². The molecule has 1 aromatic heterocycles. The zero-order chi connectivity index (χ0) is 20.4. The van der Waals surface area contributed by atoms with E-state index >= 15 is 0 Å². The highest BCUT2D eigenvalue weighted by atomic mass is 19.4. The Morgan fingerprint density at radius 1 is 0.897 bits per heavy atom. The lowest BCUT2D eigenvalue weighted by molar-refractivity contribution is -0.136. The predicted molar refractivity (Wildman–Crippen MR) is 108 cm³/mol. The van der Waals surface area contributed by atoms with Gasteiger partial charge in [-0.15, -0.1) is 0 Å². The number of hydrogen-bond donors (Lipinski definition) is 2. The van der Waals surface area contributed by atoms with Gasteiger partial charge >= 0.3 is 6.18 Å². The number of halogens is 3. The lowest BCUT2D eigenvalue weighted by atomic mass is 9.99. The van der Waals surface area contributed by atoms with E-state index in [2.05, 4.69) is 10.3 Å². The van der Waals surface area contributed by atoms with E-state index in [1.54, 1.807) is 24.3 Å². The number of phenols is 1. The van der Waals surface area contributed by atoms with E-state index in [0.29, 0.717) is 17.5 Å². The number of aromatic hydroxyl groups is 1. The van der Waals surface area contributed by atoms with Crippen LogP contribution in [0, 0.1) is 0 Å². The van der Waals surface area contributed by atoms with Crippen LogP contribution < -0.4 is 5.32 Å². The number of aromatic nitrogens is 1. The summed E-state index contributed by atoms with van der Waals surface area (Å²) < 4.78 is 40.0. The zero-order valence-corrected chi connectivity index (χ0v) is 15.2. The molecule has 29 heavy (non-hydrogen) atoms. The highest BCUT2D eigenvalue weighted by Crippen LogP contribution is 2.37. The van der Waals surface area contributed by atoms with Crippen molar-refractivity contribution in [2.45, 2.75) is 12.7 Å². The second-order valence-corrected chi connectivity index (χ2v) is 6.66. The van der Waals surface area contributed by atoms with Crippen molar-refractivity contribution >= 4 is 16.6 Å². The number of phenolic OH excluding ortho intramolecular Hbond substituents is 1. The Bertz CT molecular complexity index is 1150. The molecule has 0 saturated carbocycles. The number of benzene rings is 3. The minimum Gasteiger partial charge on any atom is -0.508 e. The normalized spacial score (nSPS) is 11.6. The van der Waals surface area contributed by atoms with Gasteiger partial charge in [-0.2, -0.15) is 13.2 Å². The Hall–Kier alpha value is -3.54. The van der Waals surface area contributed by atoms with Crippen molar-refractivity contribution in [3.63, 3.8) is 0 Å². The minimum atomic E-state index is -4.46. The van der Waals surface area contributed by atoms with Crippen LogP contribution in [-0.4, -0.2) is 10.1 Å². The second kappa shape index (κ2) is 7.47. The molecule has 0 radical (unpaired) electrons. The quantitative estimate of drug-likeness (QED) is 0.431. The molecule has 0 unspecified atom stereocenters. The standard InChI is InChI=1S/C23H17F3N2O/c24-23(25,26)21-6-2-5-20-19(11-12-27-22(20)21)16-3-1-4-17(13-16)28-14-15-7-9-18(29)10-8-15/h1-13,28-29H,14H2. The van der Waals surface area contributed by atoms with Crippen LogP contribution in [0.15, 0.2) is 79.0 Å². The summed E-state index contributed by atoms with van der Waals surface area (Å²) in [6, 6.07) is 20.2. The molecule has 2 N–H and O–H groups in total. The first-order chi connectivity index (χ1) is 13.9. The van der Waals surface area contributed by atoms with E-state index in [-0.39, 0.29) is 11.3 Å². The van der Waals surface area contributed by atoms with Gasteiger partial charge in [0.1, 0.15) is 5.75 Å². The number of anilines is 1. The number of nitrogens with zero attached hydrogens (tertiary/aromatic N) is 1. The van der Waals surface area contributed by atoms with Crippen molar-refractivity contribution in [3.8, 4) is 16.9 Å². The summed E-state index contributed by atoms with van der Waals surface area (Å²) in [6.45, 7) is 0.555. The third-order valence-corrected chi connectivity index (χ3v) is 4.68. The molecule has 0 aliphatic rings. The first-order valence-electron chi connectivity index (χ1n) is 8.99. The van der Waals surface area contributed by atoms with E-state index in [0.717, 1.165) is 22.9 Å². The molecular weight excluding hydrogens is 377 g/mol. The third kappa shape index (κ3) is 4.01. The van der Waals surface area contributed by atoms with Crippen molar-refractivity contribution in [1.29, 1.82) is 0 Å². The minimum absolute atomic E-state index is 0.0556. The van der Waals surface area contributed by atoms with E-state index in [4.69, 9.17) is 0 Å². The van der Waals surface area contributed by atoms with E-state index in [1.165, 1.54) is 12.3 Å². The fraction of sp³-hybridized carbons (Fsp3) is 0.0870. The van der Waals surface area contributed by atoms with E-state index < -0.39 is 11.7 Å². The number of rotatable bonds is 4. The average Bonchev–Trinajstić information content (AvgIpc) is 2.72. The van der Waals surface area contributed by atoms with Crippen LogP contribution in [0.4, 0.5) is 18.9 Å². The Kier molecular flexibility index (Phi) is 4.84. The molecule has 0 atom stereocenters. The molecule has 146 valence electrons. The third-order valence-electron chi connectivity index (χ3n) is 4.68. The summed E-state index contributed by atoms with van der Waals surface area (Å²) in [5, 5.41) is 13.1. The van der Waals surface area contributed by atoms with Crippen molar-refractivity contribution in [3.05, 3.63) is 90.1 Å². The molecule has 0 amide bonds. The summed E-state index contributed by atoms with van der Waals surface area (Å²) >= 11 is 0. The number of fused-ring (bicyclic) bond motifs is 1. The number of para-hydroxylation sites is 1. The number of nitrogens with one attached hydrogen (secondary N) is 1. The topological polar surface area (TPSA) is 45.1 Å². The average molecular weight is 394 g/mol. The Morgan fingerprint density at radius 3 is 2.41 bits per heavy atom. The number of pyridine rings is 1. The molecule has 0 fully saturated rings. The summed E-state index contributed by atoms with van der Waals surface area (Å²) in [5.74, 6) is 0.207. The highest BCUT2D eigenvalue weighted by molar-refractivity contribution is 5.96. The maximum Gasteiger partial charge on any atom is 0.418 e. The van der Waals surface area contributed by atoms with Crippen molar-refractivity contribution in [2.75, 3.05) is 5.32 Å². The molecule has 0 spiro atoms. The Balaban J connectivity index is 1.68. The van der Waals surface area contributed by atoms with Crippen molar-refractivity contribution in [2.24, 2.45) is 0 Å². The van der Waals surface area contributed by atoms with Gasteiger partial charge in [-0.3, -0.25) is 4.98 Å². The highest BCUT2D eigenvalue weighted by Gasteiger charge is 2.33. The van der Waals surface area contributed by atoms with Gasteiger partial charge in [0, 0.05) is 23.8 Å². The maximum atomic E-state index is 13.3. The molecule has 0 aliphatic heterocycles. The number of hydrogen-bond acceptors (Lipinski definition) is 3. The second-order valence-electron chi connectivity index (χ2n) is 6.66. The zero-order valence-electron chi connectivity index (χ0n) is 15.2. The maximum absolute atomic E-state index is 13.3.